The smallest absolute Gasteiger partial charge is 1.00 e. The summed E-state index contributed by atoms with van der Waals surface area (Å²) >= 11 is -1.08. The number of hydrogen-bond acceptors (Lipinski definition) is 0. The maximum Gasteiger partial charge on any atom is -1.00 e. The number of aromatic nitrogens is 1. The Balaban J connectivity index is 0.00000136. The second-order valence-corrected chi connectivity index (χ2v) is 12.7. The van der Waals surface area contributed by atoms with Crippen molar-refractivity contribution in [1.82, 2.24) is 4.57 Å². The van der Waals surface area contributed by atoms with Crippen molar-refractivity contribution >= 4 is 16.8 Å². The van der Waals surface area contributed by atoms with Crippen LogP contribution >= 0.6 is 0 Å². The van der Waals surface area contributed by atoms with Gasteiger partial charge < -0.3 is 24.8 Å². The summed E-state index contributed by atoms with van der Waals surface area (Å²) in [5.74, 6) is 0. The largest absolute Gasteiger partial charge is 1.00 e. The van der Waals surface area contributed by atoms with Gasteiger partial charge in [0.2, 0.25) is 0 Å². The van der Waals surface area contributed by atoms with Crippen molar-refractivity contribution in [3.05, 3.63) is 98.1 Å². The van der Waals surface area contributed by atoms with Gasteiger partial charge in [-0.2, -0.15) is 0 Å². The van der Waals surface area contributed by atoms with Gasteiger partial charge in [0.1, 0.15) is 0 Å². The van der Waals surface area contributed by atoms with Crippen molar-refractivity contribution in [2.75, 3.05) is 0 Å². The molecule has 0 radical (unpaired) electrons. The average molecular weight is 528 g/mol. The van der Waals surface area contributed by atoms with Crippen LogP contribution < -0.4 is 24.8 Å². The van der Waals surface area contributed by atoms with Crippen molar-refractivity contribution in [3.63, 3.8) is 0 Å². The van der Waals surface area contributed by atoms with Gasteiger partial charge in [0.05, 0.1) is 0 Å². The maximum atomic E-state index is 2.53. The third-order valence-electron chi connectivity index (χ3n) is 7.21. The number of nitrogens with zero attached hydrogens (tertiary/aromatic N) is 1. The van der Waals surface area contributed by atoms with E-state index >= 15 is 0 Å². The van der Waals surface area contributed by atoms with Crippen LogP contribution in [0.25, 0.3) is 16.8 Å². The van der Waals surface area contributed by atoms with Crippen LogP contribution in [0.3, 0.4) is 0 Å². The van der Waals surface area contributed by atoms with Crippen molar-refractivity contribution in [2.45, 2.75) is 37.9 Å². The van der Waals surface area contributed by atoms with Gasteiger partial charge in [0.15, 0.2) is 0 Å². The minimum atomic E-state index is -1.08. The minimum absolute atomic E-state index is 0. The molecule has 1 heterocycles. The zero-order valence-corrected chi connectivity index (χ0v) is 22.6. The predicted octanol–water partition coefficient (Wildman–Crippen LogP) is 1.11. The monoisotopic (exact) mass is 525 g/mol. The second kappa shape index (κ2) is 8.55. The Labute approximate surface area is 209 Å². The summed E-state index contributed by atoms with van der Waals surface area (Å²) in [5, 5.41) is 2.65. The Morgan fingerprint density at radius 2 is 1.35 bits per heavy atom. The summed E-state index contributed by atoms with van der Waals surface area (Å²) in [5.41, 5.74) is 7.63. The molecule has 0 saturated heterocycles. The minimum Gasteiger partial charge on any atom is -1.00 e. The van der Waals surface area contributed by atoms with Gasteiger partial charge in [-0.05, 0) is 0 Å². The summed E-state index contributed by atoms with van der Waals surface area (Å²) in [7, 11) is 0. The fraction of sp³-hybridized carbons (Fsp3) is 0.259. The fourth-order valence-corrected chi connectivity index (χ4v) is 10.0. The van der Waals surface area contributed by atoms with Crippen LogP contribution in [0.5, 0.6) is 0 Å². The van der Waals surface area contributed by atoms with Gasteiger partial charge in [-0.1, -0.05) is 0 Å². The van der Waals surface area contributed by atoms with Crippen LogP contribution in [-0.2, 0) is 26.5 Å². The summed E-state index contributed by atoms with van der Waals surface area (Å²) in [6, 6.07) is 17.7. The molecule has 0 saturated carbocycles. The normalized spacial score (nSPS) is 21.1. The fourth-order valence-electron chi connectivity index (χ4n) is 5.01. The summed E-state index contributed by atoms with van der Waals surface area (Å²) in [4.78, 5) is 0. The molecule has 0 amide bonds. The average Bonchev–Trinajstić information content (AvgIpc) is 3.36. The van der Waals surface area contributed by atoms with Crippen molar-refractivity contribution in [2.24, 2.45) is 5.41 Å². The van der Waals surface area contributed by atoms with Crippen LogP contribution in [0.4, 0.5) is 0 Å². The molecule has 158 valence electrons. The second-order valence-electron chi connectivity index (χ2n) is 8.98. The van der Waals surface area contributed by atoms with Crippen LogP contribution in [-0.4, -0.2) is 4.57 Å². The van der Waals surface area contributed by atoms with E-state index < -0.39 is 23.2 Å². The van der Waals surface area contributed by atoms with E-state index in [1.54, 1.807) is 14.4 Å². The molecule has 2 aliphatic carbocycles. The van der Waals surface area contributed by atoms with Crippen LogP contribution in [0.15, 0.2) is 87.0 Å². The molecule has 0 N–H and O–H groups in total. The molecule has 0 spiro atoms. The van der Waals surface area contributed by atoms with E-state index in [0.29, 0.717) is 0 Å². The first-order valence-corrected chi connectivity index (χ1v) is 12.8. The van der Waals surface area contributed by atoms with E-state index in [1.807, 2.05) is 0 Å². The molecule has 1 unspecified atom stereocenters. The summed E-state index contributed by atoms with van der Waals surface area (Å²) < 4.78 is 4.25. The van der Waals surface area contributed by atoms with Gasteiger partial charge in [-0.15, -0.1) is 0 Å². The maximum absolute atomic E-state index is 2.53. The number of hydrogen-bond donors (Lipinski definition) is 0. The van der Waals surface area contributed by atoms with Crippen LogP contribution in [0.2, 0.25) is 0 Å². The Hall–Kier alpha value is -1.34. The Morgan fingerprint density at radius 3 is 1.94 bits per heavy atom. The van der Waals surface area contributed by atoms with Gasteiger partial charge in [-0.25, -0.2) is 0 Å². The van der Waals surface area contributed by atoms with Crippen molar-refractivity contribution in [3.8, 4) is 0 Å². The third kappa shape index (κ3) is 3.56. The standard InChI is InChI=1S/C17H12N.C10H15.2ClH.Zr/c1-2-7-15-12-18(11-14(15)6-1)17-10-9-13-5-3-4-8-16(13)17;1-7-6-10(4,5)9(3)8(7)2;;;/h1-12H;1-5H3;2*1H;/q;;;;+2/p-2. The first-order chi connectivity index (χ1) is 13.8. The molecule has 1 nitrogen and oxygen atoms in total. The molecule has 31 heavy (non-hydrogen) atoms. The van der Waals surface area contributed by atoms with Gasteiger partial charge >= 0.3 is 186 Å². The quantitative estimate of drug-likeness (QED) is 0.481. The Morgan fingerprint density at radius 1 is 0.774 bits per heavy atom. The molecule has 0 bridgehead atoms. The Kier molecular flexibility index (Phi) is 6.70. The SMILES string of the molecule is CC1=C(C)C(C)(C)[C]([Zr+2][C]2(n3cc4ccccc4c3)C=Cc3ccccc32)=C1C.[Cl-].[Cl-]. The van der Waals surface area contributed by atoms with Gasteiger partial charge in [0, 0.05) is 0 Å². The van der Waals surface area contributed by atoms with Gasteiger partial charge in [-0.3, -0.25) is 0 Å². The molecular weight excluding hydrogens is 500 g/mol. The van der Waals surface area contributed by atoms with Crippen molar-refractivity contribution in [1.29, 1.82) is 0 Å². The number of halogens is 2. The molecule has 5 rings (SSSR count). The van der Waals surface area contributed by atoms with E-state index in [1.165, 1.54) is 27.5 Å². The first-order valence-electron chi connectivity index (χ1n) is 10.4. The number of rotatable bonds is 3. The van der Waals surface area contributed by atoms with E-state index in [9.17, 15) is 0 Å². The molecule has 2 aliphatic rings. The zero-order chi connectivity index (χ0) is 20.4. The zero-order valence-electron chi connectivity index (χ0n) is 18.6. The molecular formula is C27H27Cl2NZr. The first kappa shape index (κ1) is 24.3. The third-order valence-corrected chi connectivity index (χ3v) is 12.9. The van der Waals surface area contributed by atoms with E-state index in [-0.39, 0.29) is 33.5 Å². The van der Waals surface area contributed by atoms with Crippen LogP contribution in [0.1, 0.15) is 45.7 Å². The molecule has 1 aromatic heterocycles. The molecule has 3 aromatic rings. The molecule has 4 heteroatoms. The molecule has 2 aromatic carbocycles. The topological polar surface area (TPSA) is 4.93 Å². The van der Waals surface area contributed by atoms with Crippen LogP contribution in [0, 0.1) is 5.41 Å². The number of benzene rings is 2. The predicted molar refractivity (Wildman–Crippen MR) is 119 cm³/mol. The van der Waals surface area contributed by atoms with E-state index in [4.69, 9.17) is 0 Å². The van der Waals surface area contributed by atoms with E-state index in [2.05, 4.69) is 112 Å². The van der Waals surface area contributed by atoms with Crippen molar-refractivity contribution < 1.29 is 48.0 Å². The number of allylic oxidation sites excluding steroid dienone is 5. The van der Waals surface area contributed by atoms with E-state index in [0.717, 1.165) is 0 Å². The number of fused-ring (bicyclic) bond motifs is 2. The summed E-state index contributed by atoms with van der Waals surface area (Å²) in [6.07, 6.45) is 9.59. The molecule has 0 aliphatic heterocycles. The Bertz CT molecular complexity index is 1210. The summed E-state index contributed by atoms with van der Waals surface area (Å²) in [6.45, 7) is 11.9. The van der Waals surface area contributed by atoms with Gasteiger partial charge in [0.25, 0.3) is 0 Å². The molecule has 1 atom stereocenters. The molecule has 0 fully saturated rings.